The van der Waals surface area contributed by atoms with Crippen LogP contribution in [-0.2, 0) is 21.1 Å². The molecule has 1 heterocycles. The van der Waals surface area contributed by atoms with Gasteiger partial charge in [-0.1, -0.05) is 12.1 Å². The zero-order valence-electron chi connectivity index (χ0n) is 12.3. The molecule has 0 radical (unpaired) electrons. The maximum absolute atomic E-state index is 12.4. The maximum atomic E-state index is 12.4. The summed E-state index contributed by atoms with van der Waals surface area (Å²) < 4.78 is 47.4. The normalized spacial score (nSPS) is 18.3. The van der Waals surface area contributed by atoms with Crippen LogP contribution in [0.3, 0.4) is 0 Å². The van der Waals surface area contributed by atoms with Crippen molar-refractivity contribution in [3.05, 3.63) is 29.8 Å². The second-order valence-electron chi connectivity index (χ2n) is 5.24. The summed E-state index contributed by atoms with van der Waals surface area (Å²) in [4.78, 5) is 11.5. The first kappa shape index (κ1) is 19.8. The second-order valence-corrected chi connectivity index (χ2v) is 7.15. The molecule has 1 aliphatic rings. The molecular formula is C14H19ClF2N2O3S. The van der Waals surface area contributed by atoms with Crippen molar-refractivity contribution in [2.45, 2.75) is 36.0 Å². The fourth-order valence-electron chi connectivity index (χ4n) is 2.34. The zero-order valence-corrected chi connectivity index (χ0v) is 13.9. The standard InChI is InChI=1S/C14H18F2N2O3S.ClH/c15-14(16)22(20,21)12-5-3-10(4-6-12)8-13(19)18-11-2-1-7-17-9-11;/h3-6,11,14,17H,1-2,7-9H2,(H,18,19);1H/t11-;/m0./s1. The van der Waals surface area contributed by atoms with E-state index in [1.165, 1.54) is 12.1 Å². The average molecular weight is 369 g/mol. The minimum absolute atomic E-state index is 0. The zero-order chi connectivity index (χ0) is 16.2. The van der Waals surface area contributed by atoms with E-state index in [4.69, 9.17) is 0 Å². The number of halogens is 3. The molecule has 23 heavy (non-hydrogen) atoms. The van der Waals surface area contributed by atoms with Gasteiger partial charge in [-0.15, -0.1) is 12.4 Å². The van der Waals surface area contributed by atoms with Crippen molar-refractivity contribution in [2.24, 2.45) is 0 Å². The molecule has 1 aromatic rings. The molecule has 0 unspecified atom stereocenters. The number of benzene rings is 1. The molecule has 130 valence electrons. The van der Waals surface area contributed by atoms with Crippen LogP contribution in [0, 0.1) is 0 Å². The molecule has 1 fully saturated rings. The molecule has 1 saturated heterocycles. The highest BCUT2D eigenvalue weighted by atomic mass is 35.5. The topological polar surface area (TPSA) is 75.3 Å². The number of sulfone groups is 1. The molecule has 5 nitrogen and oxygen atoms in total. The number of carbonyl (C=O) groups is 1. The van der Waals surface area contributed by atoms with E-state index >= 15 is 0 Å². The van der Waals surface area contributed by atoms with Crippen LogP contribution in [0.5, 0.6) is 0 Å². The van der Waals surface area contributed by atoms with Crippen molar-refractivity contribution in [1.29, 1.82) is 0 Å². The van der Waals surface area contributed by atoms with E-state index in [9.17, 15) is 22.0 Å². The number of hydrogen-bond donors (Lipinski definition) is 2. The first-order valence-electron chi connectivity index (χ1n) is 7.00. The van der Waals surface area contributed by atoms with E-state index < -0.39 is 20.5 Å². The lowest BCUT2D eigenvalue weighted by Gasteiger charge is -2.23. The lowest BCUT2D eigenvalue weighted by Crippen LogP contribution is -2.46. The van der Waals surface area contributed by atoms with Gasteiger partial charge in [0.2, 0.25) is 15.7 Å². The molecule has 2 rings (SSSR count). The van der Waals surface area contributed by atoms with Gasteiger partial charge in [-0.25, -0.2) is 8.42 Å². The van der Waals surface area contributed by atoms with E-state index in [1.807, 2.05) is 0 Å². The highest BCUT2D eigenvalue weighted by Crippen LogP contribution is 2.18. The fraction of sp³-hybridized carbons (Fsp3) is 0.500. The molecule has 1 aromatic carbocycles. The van der Waals surface area contributed by atoms with Crippen molar-refractivity contribution in [2.75, 3.05) is 13.1 Å². The van der Waals surface area contributed by atoms with Crippen molar-refractivity contribution < 1.29 is 22.0 Å². The van der Waals surface area contributed by atoms with Crippen LogP contribution in [-0.4, -0.2) is 39.2 Å². The summed E-state index contributed by atoms with van der Waals surface area (Å²) in [5.74, 6) is -3.61. The third kappa shape index (κ3) is 5.40. The summed E-state index contributed by atoms with van der Waals surface area (Å²) in [6, 6.07) is 5.07. The second kappa shape index (κ2) is 8.56. The van der Waals surface area contributed by atoms with E-state index in [0.717, 1.165) is 38.1 Å². The molecule has 0 aromatic heterocycles. The largest absolute Gasteiger partial charge is 0.352 e. The number of hydrogen-bond acceptors (Lipinski definition) is 4. The minimum atomic E-state index is -4.59. The van der Waals surface area contributed by atoms with Crippen molar-refractivity contribution >= 4 is 28.2 Å². The summed E-state index contributed by atoms with van der Waals surface area (Å²) in [6.45, 7) is 1.68. The lowest BCUT2D eigenvalue weighted by molar-refractivity contribution is -0.121. The number of amides is 1. The predicted molar refractivity (Wildman–Crippen MR) is 84.6 cm³/mol. The SMILES string of the molecule is Cl.O=C(Cc1ccc(S(=O)(=O)C(F)F)cc1)N[C@H]1CCCNC1. The summed E-state index contributed by atoms with van der Waals surface area (Å²) >= 11 is 0. The van der Waals surface area contributed by atoms with Crippen molar-refractivity contribution in [3.8, 4) is 0 Å². The van der Waals surface area contributed by atoms with Gasteiger partial charge in [-0.3, -0.25) is 4.79 Å². The van der Waals surface area contributed by atoms with Gasteiger partial charge in [0.25, 0.3) is 0 Å². The predicted octanol–water partition coefficient (Wildman–Crippen LogP) is 1.52. The summed E-state index contributed by atoms with van der Waals surface area (Å²) in [7, 11) is -4.59. The molecule has 2 N–H and O–H groups in total. The van der Waals surface area contributed by atoms with Gasteiger partial charge < -0.3 is 10.6 Å². The van der Waals surface area contributed by atoms with Gasteiger partial charge in [-0.05, 0) is 37.1 Å². The van der Waals surface area contributed by atoms with E-state index in [0.29, 0.717) is 5.56 Å². The lowest BCUT2D eigenvalue weighted by atomic mass is 10.1. The van der Waals surface area contributed by atoms with Gasteiger partial charge in [0.05, 0.1) is 11.3 Å². The van der Waals surface area contributed by atoms with E-state index in [1.54, 1.807) is 0 Å². The number of nitrogens with one attached hydrogen (secondary N) is 2. The van der Waals surface area contributed by atoms with Crippen LogP contribution < -0.4 is 10.6 Å². The Balaban J connectivity index is 0.00000264. The molecule has 0 bridgehead atoms. The third-order valence-electron chi connectivity index (χ3n) is 3.51. The van der Waals surface area contributed by atoms with E-state index in [2.05, 4.69) is 10.6 Å². The van der Waals surface area contributed by atoms with Crippen molar-refractivity contribution in [3.63, 3.8) is 0 Å². The van der Waals surface area contributed by atoms with E-state index in [-0.39, 0.29) is 30.8 Å². The Morgan fingerprint density at radius 1 is 1.30 bits per heavy atom. The third-order valence-corrected chi connectivity index (χ3v) is 4.91. The molecule has 1 aliphatic heterocycles. The number of carbonyl (C=O) groups excluding carboxylic acids is 1. The van der Waals surface area contributed by atoms with Gasteiger partial charge in [-0.2, -0.15) is 8.78 Å². The minimum Gasteiger partial charge on any atom is -0.352 e. The number of rotatable bonds is 5. The average Bonchev–Trinajstić information content (AvgIpc) is 2.48. The van der Waals surface area contributed by atoms with Crippen LogP contribution in [0.1, 0.15) is 18.4 Å². The molecule has 9 heteroatoms. The Kier molecular flexibility index (Phi) is 7.37. The van der Waals surface area contributed by atoms with Crippen LogP contribution in [0.2, 0.25) is 0 Å². The van der Waals surface area contributed by atoms with Crippen molar-refractivity contribution in [1.82, 2.24) is 10.6 Å². The molecule has 1 amide bonds. The Hall–Kier alpha value is -1.25. The molecular weight excluding hydrogens is 350 g/mol. The molecule has 0 spiro atoms. The van der Waals surface area contributed by atoms with Gasteiger partial charge in [0, 0.05) is 12.6 Å². The summed E-state index contributed by atoms with van der Waals surface area (Å²) in [6.07, 6.45) is 2.01. The number of piperidine rings is 1. The fourth-order valence-corrected chi connectivity index (χ4v) is 3.06. The van der Waals surface area contributed by atoms with Crippen LogP contribution in [0.4, 0.5) is 8.78 Å². The highest BCUT2D eigenvalue weighted by Gasteiger charge is 2.26. The van der Waals surface area contributed by atoms with Crippen LogP contribution in [0.15, 0.2) is 29.2 Å². The van der Waals surface area contributed by atoms with Gasteiger partial charge in [0.15, 0.2) is 0 Å². The Labute approximate surface area is 140 Å². The molecule has 0 aliphatic carbocycles. The smallest absolute Gasteiger partial charge is 0.341 e. The first-order valence-corrected chi connectivity index (χ1v) is 8.55. The Bertz CT molecular complexity index is 617. The van der Waals surface area contributed by atoms with Crippen LogP contribution in [0.25, 0.3) is 0 Å². The Morgan fingerprint density at radius 3 is 2.48 bits per heavy atom. The van der Waals surface area contributed by atoms with Gasteiger partial charge in [0.1, 0.15) is 0 Å². The van der Waals surface area contributed by atoms with Gasteiger partial charge >= 0.3 is 5.76 Å². The Morgan fingerprint density at radius 2 is 1.96 bits per heavy atom. The maximum Gasteiger partial charge on any atom is 0.341 e. The van der Waals surface area contributed by atoms with Crippen LogP contribution >= 0.6 is 12.4 Å². The monoisotopic (exact) mass is 368 g/mol. The quantitative estimate of drug-likeness (QED) is 0.826. The summed E-state index contributed by atoms with van der Waals surface area (Å²) in [5, 5.41) is 6.08. The highest BCUT2D eigenvalue weighted by molar-refractivity contribution is 7.91. The molecule has 0 saturated carbocycles. The number of alkyl halides is 2. The molecule has 1 atom stereocenters. The summed E-state index contributed by atoms with van der Waals surface area (Å²) in [5.41, 5.74) is 0.578. The first-order chi connectivity index (χ1) is 10.4.